The van der Waals surface area contributed by atoms with Gasteiger partial charge in [-0.25, -0.2) is 4.98 Å². The zero-order chi connectivity index (χ0) is 21.3. The molecule has 1 fully saturated rings. The average molecular weight is 490 g/mol. The number of fused-ring (bicyclic) bond motifs is 1. The molecule has 2 N–H and O–H groups in total. The van der Waals surface area contributed by atoms with Crippen molar-refractivity contribution in [3.8, 4) is 12.3 Å². The SMILES string of the molecule is C#C[C@@]1(COC(=O)Cc2ccc(Br)cc2)CC[C@H](n2ccc3c(N)nc(Cl)nc32)O1. The highest BCUT2D eigenvalue weighted by Gasteiger charge is 2.41. The van der Waals surface area contributed by atoms with E-state index in [9.17, 15) is 4.79 Å². The van der Waals surface area contributed by atoms with Crippen molar-refractivity contribution in [3.63, 3.8) is 0 Å². The first-order valence-electron chi connectivity index (χ1n) is 9.24. The van der Waals surface area contributed by atoms with Crippen molar-refractivity contribution in [1.82, 2.24) is 14.5 Å². The van der Waals surface area contributed by atoms with Gasteiger partial charge in [-0.3, -0.25) is 4.79 Å². The number of carbonyl (C=O) groups is 1. The third-order valence-electron chi connectivity index (χ3n) is 5.03. The Labute approximate surface area is 186 Å². The van der Waals surface area contributed by atoms with Gasteiger partial charge in [-0.2, -0.15) is 4.98 Å². The minimum absolute atomic E-state index is 0.0214. The molecule has 1 aromatic carbocycles. The van der Waals surface area contributed by atoms with Crippen LogP contribution in [0.3, 0.4) is 0 Å². The van der Waals surface area contributed by atoms with Crippen LogP contribution in [0.15, 0.2) is 41.0 Å². The number of carbonyl (C=O) groups excluding carboxylic acids is 1. The van der Waals surface area contributed by atoms with Gasteiger partial charge in [0.2, 0.25) is 5.28 Å². The van der Waals surface area contributed by atoms with Crippen LogP contribution in [0, 0.1) is 12.3 Å². The molecule has 4 rings (SSSR count). The van der Waals surface area contributed by atoms with Crippen LogP contribution in [0.2, 0.25) is 5.28 Å². The summed E-state index contributed by atoms with van der Waals surface area (Å²) in [4.78, 5) is 20.5. The van der Waals surface area contributed by atoms with Gasteiger partial charge in [0.1, 0.15) is 24.3 Å². The predicted octanol–water partition coefficient (Wildman–Crippen LogP) is 3.90. The maximum Gasteiger partial charge on any atom is 0.310 e. The maximum atomic E-state index is 12.3. The summed E-state index contributed by atoms with van der Waals surface area (Å²) in [5, 5.41) is 0.741. The number of rotatable bonds is 5. The minimum Gasteiger partial charge on any atom is -0.461 e. The van der Waals surface area contributed by atoms with E-state index in [1.165, 1.54) is 0 Å². The molecule has 0 unspecified atom stereocenters. The number of nitrogens with zero attached hydrogens (tertiary/aromatic N) is 3. The number of anilines is 1. The molecule has 0 saturated carbocycles. The lowest BCUT2D eigenvalue weighted by Crippen LogP contribution is -2.34. The van der Waals surface area contributed by atoms with Crippen molar-refractivity contribution >= 4 is 50.4 Å². The van der Waals surface area contributed by atoms with Crippen molar-refractivity contribution in [2.24, 2.45) is 0 Å². The summed E-state index contributed by atoms with van der Waals surface area (Å²) in [6.07, 6.45) is 8.50. The van der Waals surface area contributed by atoms with Crippen LogP contribution in [-0.4, -0.2) is 32.7 Å². The number of benzene rings is 1. The fourth-order valence-electron chi connectivity index (χ4n) is 3.46. The van der Waals surface area contributed by atoms with E-state index in [-0.39, 0.29) is 30.5 Å². The van der Waals surface area contributed by atoms with Crippen LogP contribution in [0.1, 0.15) is 24.6 Å². The summed E-state index contributed by atoms with van der Waals surface area (Å²) < 4.78 is 14.4. The van der Waals surface area contributed by atoms with E-state index in [1.54, 1.807) is 6.07 Å². The summed E-state index contributed by atoms with van der Waals surface area (Å²) in [5.41, 5.74) is 6.34. The standard InChI is InChI=1S/C21H18BrClN4O3/c1-2-21(12-29-17(28)11-13-3-5-14(22)6-4-13)9-7-16(30-21)27-10-8-15-18(24)25-20(23)26-19(15)27/h1,3-6,8,10,16H,7,9,11-12H2,(H2,24,25,26)/t16-,21+/m1/s1. The van der Waals surface area contributed by atoms with Crippen LogP contribution in [0.5, 0.6) is 0 Å². The van der Waals surface area contributed by atoms with E-state index in [2.05, 4.69) is 31.8 Å². The fraction of sp³-hybridized carbons (Fsp3) is 0.286. The van der Waals surface area contributed by atoms with E-state index in [4.69, 9.17) is 33.2 Å². The molecule has 0 amide bonds. The third kappa shape index (κ3) is 4.15. The van der Waals surface area contributed by atoms with E-state index in [0.29, 0.717) is 29.7 Å². The molecule has 1 aliphatic rings. The van der Waals surface area contributed by atoms with Crippen molar-refractivity contribution in [2.75, 3.05) is 12.3 Å². The van der Waals surface area contributed by atoms with Crippen LogP contribution in [-0.2, 0) is 20.7 Å². The summed E-state index contributed by atoms with van der Waals surface area (Å²) in [6, 6.07) is 9.28. The largest absolute Gasteiger partial charge is 0.461 e. The van der Waals surface area contributed by atoms with Gasteiger partial charge in [-0.05, 0) is 48.2 Å². The molecule has 0 radical (unpaired) electrons. The molecule has 3 aromatic rings. The molecule has 9 heteroatoms. The molecule has 30 heavy (non-hydrogen) atoms. The Morgan fingerprint density at radius 3 is 2.90 bits per heavy atom. The summed E-state index contributed by atoms with van der Waals surface area (Å²) in [5.74, 6) is 2.60. The highest BCUT2D eigenvalue weighted by molar-refractivity contribution is 9.10. The molecule has 0 aliphatic carbocycles. The van der Waals surface area contributed by atoms with Crippen LogP contribution in [0.4, 0.5) is 5.82 Å². The Bertz CT molecular complexity index is 1140. The highest BCUT2D eigenvalue weighted by atomic mass is 79.9. The van der Waals surface area contributed by atoms with Gasteiger partial charge in [0, 0.05) is 10.7 Å². The molecule has 1 saturated heterocycles. The number of nitrogens with two attached hydrogens (primary N) is 1. The number of aromatic nitrogens is 3. The number of hydrogen-bond donors (Lipinski definition) is 1. The van der Waals surface area contributed by atoms with Gasteiger partial charge in [0.15, 0.2) is 5.60 Å². The second-order valence-corrected chi connectivity index (χ2v) is 8.31. The van der Waals surface area contributed by atoms with E-state index in [1.807, 2.05) is 35.0 Å². The fourth-order valence-corrected chi connectivity index (χ4v) is 3.90. The molecule has 0 bridgehead atoms. The van der Waals surface area contributed by atoms with Crippen molar-refractivity contribution in [3.05, 3.63) is 51.8 Å². The van der Waals surface area contributed by atoms with Gasteiger partial charge in [0.25, 0.3) is 0 Å². The maximum absolute atomic E-state index is 12.3. The Kier molecular flexibility index (Phi) is 5.69. The number of esters is 1. The van der Waals surface area contributed by atoms with Gasteiger partial charge >= 0.3 is 5.97 Å². The lowest BCUT2D eigenvalue weighted by Gasteiger charge is -2.24. The Hall–Kier alpha value is -2.60. The molecule has 0 spiro atoms. The van der Waals surface area contributed by atoms with E-state index >= 15 is 0 Å². The first-order valence-corrected chi connectivity index (χ1v) is 10.4. The third-order valence-corrected chi connectivity index (χ3v) is 5.73. The zero-order valence-electron chi connectivity index (χ0n) is 15.8. The monoisotopic (exact) mass is 488 g/mol. The molecule has 1 aliphatic heterocycles. The first kappa shape index (κ1) is 20.7. The second kappa shape index (κ2) is 8.26. The molecule has 7 nitrogen and oxygen atoms in total. The Morgan fingerprint density at radius 1 is 1.40 bits per heavy atom. The average Bonchev–Trinajstić information content (AvgIpc) is 3.33. The molecule has 3 heterocycles. The molecule has 2 aromatic heterocycles. The highest BCUT2D eigenvalue weighted by Crippen LogP contribution is 2.38. The van der Waals surface area contributed by atoms with Crippen molar-refractivity contribution in [1.29, 1.82) is 0 Å². The lowest BCUT2D eigenvalue weighted by atomic mass is 10.0. The summed E-state index contributed by atoms with van der Waals surface area (Å²) in [6.45, 7) is -0.0214. The van der Waals surface area contributed by atoms with Gasteiger partial charge < -0.3 is 19.8 Å². The molecule has 154 valence electrons. The number of halogens is 2. The van der Waals surface area contributed by atoms with Crippen LogP contribution < -0.4 is 5.73 Å². The summed E-state index contributed by atoms with van der Waals surface area (Å²) in [7, 11) is 0. The normalized spacial score (nSPS) is 20.9. The van der Waals surface area contributed by atoms with Crippen LogP contribution >= 0.6 is 27.5 Å². The predicted molar refractivity (Wildman–Crippen MR) is 117 cm³/mol. The Morgan fingerprint density at radius 2 is 2.17 bits per heavy atom. The quantitative estimate of drug-likeness (QED) is 0.332. The van der Waals surface area contributed by atoms with Crippen molar-refractivity contribution in [2.45, 2.75) is 31.1 Å². The number of nitrogen functional groups attached to an aromatic ring is 1. The topological polar surface area (TPSA) is 92.3 Å². The van der Waals surface area contributed by atoms with E-state index < -0.39 is 5.60 Å². The Balaban J connectivity index is 1.44. The van der Waals surface area contributed by atoms with Crippen LogP contribution in [0.25, 0.3) is 11.0 Å². The zero-order valence-corrected chi connectivity index (χ0v) is 18.2. The van der Waals surface area contributed by atoms with E-state index in [0.717, 1.165) is 10.0 Å². The first-order chi connectivity index (χ1) is 14.4. The molecular weight excluding hydrogens is 472 g/mol. The van der Waals surface area contributed by atoms with Gasteiger partial charge in [-0.15, -0.1) is 6.42 Å². The summed E-state index contributed by atoms with van der Waals surface area (Å²) >= 11 is 9.32. The number of hydrogen-bond acceptors (Lipinski definition) is 6. The lowest BCUT2D eigenvalue weighted by molar-refractivity contribution is -0.151. The molecule has 2 atom stereocenters. The minimum atomic E-state index is -1.00. The van der Waals surface area contributed by atoms with Gasteiger partial charge in [0.05, 0.1) is 11.8 Å². The van der Waals surface area contributed by atoms with Gasteiger partial charge in [-0.1, -0.05) is 34.0 Å². The number of terminal acetylenes is 1. The van der Waals surface area contributed by atoms with Crippen molar-refractivity contribution < 1.29 is 14.3 Å². The number of ether oxygens (including phenoxy) is 2. The molecular formula is C21H18BrClN4O3. The second-order valence-electron chi connectivity index (χ2n) is 7.05. The smallest absolute Gasteiger partial charge is 0.310 e.